The summed E-state index contributed by atoms with van der Waals surface area (Å²) in [5.74, 6) is 1.59. The van der Waals surface area contributed by atoms with E-state index in [1.54, 1.807) is 25.6 Å². The Hall–Kier alpha value is -2.16. The molecule has 1 amide bonds. The minimum atomic E-state index is 0.164. The molecular formula is C21H28N4O3S. The van der Waals surface area contributed by atoms with Crippen molar-refractivity contribution in [3.63, 3.8) is 0 Å². The van der Waals surface area contributed by atoms with Crippen molar-refractivity contribution in [2.24, 2.45) is 0 Å². The quantitative estimate of drug-likeness (QED) is 0.712. The monoisotopic (exact) mass is 416 g/mol. The van der Waals surface area contributed by atoms with Crippen molar-refractivity contribution in [3.8, 4) is 22.1 Å². The van der Waals surface area contributed by atoms with Crippen LogP contribution in [-0.2, 0) is 11.3 Å². The van der Waals surface area contributed by atoms with Crippen LogP contribution in [0.5, 0.6) is 11.5 Å². The molecule has 2 aromatic rings. The van der Waals surface area contributed by atoms with Crippen molar-refractivity contribution < 1.29 is 14.3 Å². The number of carbonyl (C=O) groups is 1. The molecular weight excluding hydrogens is 388 g/mol. The van der Waals surface area contributed by atoms with Crippen molar-refractivity contribution in [1.82, 2.24) is 20.1 Å². The van der Waals surface area contributed by atoms with E-state index in [4.69, 9.17) is 14.5 Å². The minimum absolute atomic E-state index is 0.164. The molecule has 2 fully saturated rings. The Morgan fingerprint density at radius 1 is 1.17 bits per heavy atom. The summed E-state index contributed by atoms with van der Waals surface area (Å²) in [6.45, 7) is 5.07. The highest BCUT2D eigenvalue weighted by molar-refractivity contribution is 7.13. The third kappa shape index (κ3) is 5.07. The molecule has 0 spiro atoms. The number of amides is 1. The first kappa shape index (κ1) is 20.1. The maximum absolute atomic E-state index is 12.0. The molecule has 0 atom stereocenters. The summed E-state index contributed by atoms with van der Waals surface area (Å²) in [6, 6.07) is 6.29. The summed E-state index contributed by atoms with van der Waals surface area (Å²) >= 11 is 1.62. The Labute approximate surface area is 175 Å². The number of para-hydroxylation sites is 1. The maximum Gasteiger partial charge on any atom is 0.234 e. The molecule has 1 aromatic carbocycles. The fraction of sp³-hybridized carbons (Fsp3) is 0.524. The zero-order valence-electron chi connectivity index (χ0n) is 17.0. The van der Waals surface area contributed by atoms with Gasteiger partial charge >= 0.3 is 0 Å². The standard InChI is InChI=1S/C21H28N4O3S/c1-27-18-5-3-4-17(20(18)28-2)21-23-16(14-29-21)12-24-8-10-25(11-9-24)13-19(26)22-15-6-7-15/h3-5,14-15H,6-13H2,1-2H3,(H,22,26). The number of aromatic nitrogens is 1. The molecule has 8 heteroatoms. The van der Waals surface area contributed by atoms with Crippen LogP contribution in [0.15, 0.2) is 23.6 Å². The van der Waals surface area contributed by atoms with Crippen LogP contribution < -0.4 is 14.8 Å². The average Bonchev–Trinajstić information content (AvgIpc) is 3.43. The highest BCUT2D eigenvalue weighted by atomic mass is 32.1. The van der Waals surface area contributed by atoms with Gasteiger partial charge in [-0.2, -0.15) is 0 Å². The van der Waals surface area contributed by atoms with E-state index in [-0.39, 0.29) is 5.91 Å². The van der Waals surface area contributed by atoms with Crippen LogP contribution in [0.4, 0.5) is 0 Å². The molecule has 2 heterocycles. The van der Waals surface area contributed by atoms with Gasteiger partial charge in [0.1, 0.15) is 5.01 Å². The molecule has 7 nitrogen and oxygen atoms in total. The van der Waals surface area contributed by atoms with Gasteiger partial charge in [-0.25, -0.2) is 4.98 Å². The topological polar surface area (TPSA) is 66.9 Å². The Balaban J connectivity index is 1.32. The van der Waals surface area contributed by atoms with E-state index in [0.717, 1.165) is 61.8 Å². The smallest absolute Gasteiger partial charge is 0.234 e. The first-order chi connectivity index (χ1) is 14.2. The second kappa shape index (κ2) is 9.11. The van der Waals surface area contributed by atoms with E-state index in [2.05, 4.69) is 20.5 Å². The fourth-order valence-corrected chi connectivity index (χ4v) is 4.43. The maximum atomic E-state index is 12.0. The molecule has 0 radical (unpaired) electrons. The highest BCUT2D eigenvalue weighted by Crippen LogP contribution is 2.39. The van der Waals surface area contributed by atoms with Gasteiger partial charge in [-0.3, -0.25) is 14.6 Å². The SMILES string of the molecule is COc1cccc(-c2nc(CN3CCN(CC(=O)NC4CC4)CC3)cs2)c1OC. The molecule has 4 rings (SSSR count). The predicted molar refractivity (Wildman–Crippen MR) is 114 cm³/mol. The van der Waals surface area contributed by atoms with E-state index in [1.165, 1.54) is 0 Å². The van der Waals surface area contributed by atoms with Crippen molar-refractivity contribution in [2.45, 2.75) is 25.4 Å². The second-order valence-electron chi connectivity index (χ2n) is 7.58. The predicted octanol–water partition coefficient (Wildman–Crippen LogP) is 2.22. The normalized spacial score (nSPS) is 17.9. The van der Waals surface area contributed by atoms with Gasteiger partial charge in [0.15, 0.2) is 11.5 Å². The van der Waals surface area contributed by atoms with Crippen molar-refractivity contribution >= 4 is 17.2 Å². The number of piperazine rings is 1. The molecule has 2 aliphatic rings. The minimum Gasteiger partial charge on any atom is -0.493 e. The van der Waals surface area contributed by atoms with Crippen LogP contribution in [0.25, 0.3) is 10.6 Å². The lowest BCUT2D eigenvalue weighted by atomic mass is 10.2. The largest absolute Gasteiger partial charge is 0.493 e. The van der Waals surface area contributed by atoms with Crippen molar-refractivity contribution in [2.75, 3.05) is 46.9 Å². The van der Waals surface area contributed by atoms with Gasteiger partial charge in [0.25, 0.3) is 0 Å². The van der Waals surface area contributed by atoms with Crippen molar-refractivity contribution in [1.29, 1.82) is 0 Å². The van der Waals surface area contributed by atoms with Crippen LogP contribution in [0, 0.1) is 0 Å². The Kier molecular flexibility index (Phi) is 6.32. The van der Waals surface area contributed by atoms with Gasteiger partial charge in [0, 0.05) is 44.1 Å². The molecule has 156 valence electrons. The molecule has 1 N–H and O–H groups in total. The number of benzene rings is 1. The third-order valence-corrected chi connectivity index (χ3v) is 6.27. The van der Waals surface area contributed by atoms with E-state index in [1.807, 2.05) is 18.2 Å². The molecule has 1 saturated heterocycles. The van der Waals surface area contributed by atoms with Crippen LogP contribution in [-0.4, -0.2) is 73.7 Å². The van der Waals surface area contributed by atoms with Gasteiger partial charge in [-0.1, -0.05) is 6.07 Å². The van der Waals surface area contributed by atoms with Gasteiger partial charge in [-0.15, -0.1) is 11.3 Å². The lowest BCUT2D eigenvalue weighted by Gasteiger charge is -2.33. The molecule has 1 aliphatic carbocycles. The van der Waals surface area contributed by atoms with Crippen LogP contribution in [0.2, 0.25) is 0 Å². The molecule has 0 bridgehead atoms. The van der Waals surface area contributed by atoms with Crippen LogP contribution in [0.1, 0.15) is 18.5 Å². The first-order valence-corrected chi connectivity index (χ1v) is 10.9. The highest BCUT2D eigenvalue weighted by Gasteiger charge is 2.25. The lowest BCUT2D eigenvalue weighted by molar-refractivity contribution is -0.122. The number of hydrogen-bond acceptors (Lipinski definition) is 7. The average molecular weight is 417 g/mol. The Bertz CT molecular complexity index is 844. The Morgan fingerprint density at radius 2 is 1.93 bits per heavy atom. The number of nitrogens with zero attached hydrogens (tertiary/aromatic N) is 3. The summed E-state index contributed by atoms with van der Waals surface area (Å²) in [5, 5.41) is 6.12. The number of nitrogens with one attached hydrogen (secondary N) is 1. The zero-order valence-corrected chi connectivity index (χ0v) is 17.8. The number of hydrogen-bond donors (Lipinski definition) is 1. The van der Waals surface area contributed by atoms with E-state index in [9.17, 15) is 4.79 Å². The first-order valence-electron chi connectivity index (χ1n) is 10.1. The second-order valence-corrected chi connectivity index (χ2v) is 8.44. The Morgan fingerprint density at radius 3 is 2.62 bits per heavy atom. The van der Waals surface area contributed by atoms with Crippen LogP contribution >= 0.6 is 11.3 Å². The van der Waals surface area contributed by atoms with Crippen LogP contribution in [0.3, 0.4) is 0 Å². The summed E-state index contributed by atoms with van der Waals surface area (Å²) in [7, 11) is 3.30. The van der Waals surface area contributed by atoms with Gasteiger partial charge in [-0.05, 0) is 25.0 Å². The third-order valence-electron chi connectivity index (χ3n) is 5.35. The molecule has 1 aromatic heterocycles. The van der Waals surface area contributed by atoms with Crippen molar-refractivity contribution in [3.05, 3.63) is 29.3 Å². The number of ether oxygens (including phenoxy) is 2. The lowest BCUT2D eigenvalue weighted by Crippen LogP contribution is -2.49. The van der Waals surface area contributed by atoms with Gasteiger partial charge in [0.05, 0.1) is 32.0 Å². The molecule has 0 unspecified atom stereocenters. The summed E-state index contributed by atoms with van der Waals surface area (Å²) in [6.07, 6.45) is 2.27. The number of carbonyl (C=O) groups excluding carboxylic acids is 1. The van der Waals surface area contributed by atoms with E-state index >= 15 is 0 Å². The fourth-order valence-electron chi connectivity index (χ4n) is 3.60. The van der Waals surface area contributed by atoms with Gasteiger partial charge < -0.3 is 14.8 Å². The number of methoxy groups -OCH3 is 2. The number of thiazole rings is 1. The van der Waals surface area contributed by atoms with Gasteiger partial charge in [0.2, 0.25) is 5.91 Å². The molecule has 1 aliphatic heterocycles. The summed E-state index contributed by atoms with van der Waals surface area (Å²) in [5.41, 5.74) is 2.02. The zero-order chi connectivity index (χ0) is 20.2. The van der Waals surface area contributed by atoms with E-state index in [0.29, 0.717) is 24.1 Å². The number of rotatable bonds is 8. The molecule has 1 saturated carbocycles. The summed E-state index contributed by atoms with van der Waals surface area (Å²) < 4.78 is 10.9. The molecule has 29 heavy (non-hydrogen) atoms. The summed E-state index contributed by atoms with van der Waals surface area (Å²) in [4.78, 5) is 21.4. The van der Waals surface area contributed by atoms with E-state index < -0.39 is 0 Å².